The van der Waals surface area contributed by atoms with E-state index in [1.807, 2.05) is 6.92 Å². The predicted octanol–water partition coefficient (Wildman–Crippen LogP) is -0.293. The summed E-state index contributed by atoms with van der Waals surface area (Å²) in [5.41, 5.74) is 5.60. The Morgan fingerprint density at radius 3 is 2.85 bits per heavy atom. The van der Waals surface area contributed by atoms with E-state index in [1.54, 1.807) is 4.90 Å². The van der Waals surface area contributed by atoms with Gasteiger partial charge in [-0.3, -0.25) is 4.79 Å². The third-order valence-electron chi connectivity index (χ3n) is 2.66. The fourth-order valence-corrected chi connectivity index (χ4v) is 1.82. The lowest BCUT2D eigenvalue weighted by atomic mass is 10.1. The molecule has 2 atom stereocenters. The van der Waals surface area contributed by atoms with Crippen molar-refractivity contribution in [3.63, 3.8) is 0 Å². The second kappa shape index (κ2) is 4.58. The highest BCUT2D eigenvalue weighted by Gasteiger charge is 2.32. The number of carbonyl (C=O) groups excluding carboxylic acids is 1. The van der Waals surface area contributed by atoms with Crippen molar-refractivity contribution in [3.05, 3.63) is 0 Å². The minimum Gasteiger partial charge on any atom is -0.396 e. The maximum absolute atomic E-state index is 11.5. The fourth-order valence-electron chi connectivity index (χ4n) is 1.82. The van der Waals surface area contributed by atoms with Crippen LogP contribution in [0.15, 0.2) is 0 Å². The van der Waals surface area contributed by atoms with Gasteiger partial charge >= 0.3 is 0 Å². The zero-order chi connectivity index (χ0) is 9.84. The first-order valence-corrected chi connectivity index (χ1v) is 4.87. The van der Waals surface area contributed by atoms with Crippen LogP contribution in [0.4, 0.5) is 0 Å². The van der Waals surface area contributed by atoms with E-state index in [0.717, 1.165) is 19.4 Å². The molecule has 1 rings (SSSR count). The Morgan fingerprint density at radius 1 is 1.77 bits per heavy atom. The van der Waals surface area contributed by atoms with Crippen molar-refractivity contribution >= 4 is 5.91 Å². The van der Waals surface area contributed by atoms with Crippen LogP contribution in [0, 0.1) is 0 Å². The normalized spacial score (nSPS) is 25.3. The molecule has 1 fully saturated rings. The number of aliphatic hydroxyl groups excluding tert-OH is 1. The molecule has 4 heteroatoms. The standard InChI is InChI=1S/C9H18N2O2/c1-2-7(4-6-12)11-5-3-8(10)9(11)13/h7-8,12H,2-6,10H2,1H3. The summed E-state index contributed by atoms with van der Waals surface area (Å²) >= 11 is 0. The molecule has 0 bridgehead atoms. The molecule has 76 valence electrons. The van der Waals surface area contributed by atoms with Crippen LogP contribution in [-0.2, 0) is 4.79 Å². The molecule has 3 N–H and O–H groups in total. The molecule has 2 unspecified atom stereocenters. The van der Waals surface area contributed by atoms with Crippen LogP contribution in [0.5, 0.6) is 0 Å². The minimum atomic E-state index is -0.312. The number of amides is 1. The molecule has 1 amide bonds. The monoisotopic (exact) mass is 186 g/mol. The first kappa shape index (κ1) is 10.5. The Morgan fingerprint density at radius 2 is 2.46 bits per heavy atom. The van der Waals surface area contributed by atoms with Gasteiger partial charge in [0.15, 0.2) is 0 Å². The molecule has 4 nitrogen and oxygen atoms in total. The van der Waals surface area contributed by atoms with E-state index in [1.165, 1.54) is 0 Å². The van der Waals surface area contributed by atoms with Gasteiger partial charge in [-0.1, -0.05) is 6.92 Å². The van der Waals surface area contributed by atoms with Crippen LogP contribution in [0.2, 0.25) is 0 Å². The number of carbonyl (C=O) groups is 1. The average molecular weight is 186 g/mol. The van der Waals surface area contributed by atoms with Crippen molar-refractivity contribution in [2.24, 2.45) is 5.73 Å². The first-order valence-electron chi connectivity index (χ1n) is 4.87. The van der Waals surface area contributed by atoms with E-state index >= 15 is 0 Å². The number of nitrogens with two attached hydrogens (primary N) is 1. The van der Waals surface area contributed by atoms with Gasteiger partial charge in [0, 0.05) is 19.2 Å². The number of likely N-dealkylation sites (tertiary alicyclic amines) is 1. The van der Waals surface area contributed by atoms with Crippen molar-refractivity contribution in [1.82, 2.24) is 4.90 Å². The maximum atomic E-state index is 11.5. The van der Waals surface area contributed by atoms with E-state index in [2.05, 4.69) is 0 Å². The molecule has 13 heavy (non-hydrogen) atoms. The lowest BCUT2D eigenvalue weighted by Gasteiger charge is -2.26. The molecule has 0 aliphatic carbocycles. The topological polar surface area (TPSA) is 66.6 Å². The molecule has 0 aromatic rings. The van der Waals surface area contributed by atoms with Crippen LogP contribution in [-0.4, -0.2) is 41.1 Å². The van der Waals surface area contributed by atoms with Gasteiger partial charge in [-0.25, -0.2) is 0 Å². The van der Waals surface area contributed by atoms with Crippen molar-refractivity contribution in [3.8, 4) is 0 Å². The zero-order valence-corrected chi connectivity index (χ0v) is 8.07. The summed E-state index contributed by atoms with van der Waals surface area (Å²) < 4.78 is 0. The third-order valence-corrected chi connectivity index (χ3v) is 2.66. The largest absolute Gasteiger partial charge is 0.396 e. The average Bonchev–Trinajstić information content (AvgIpc) is 2.45. The molecule has 0 aromatic carbocycles. The molecule has 0 saturated carbocycles. The Hall–Kier alpha value is -0.610. The highest BCUT2D eigenvalue weighted by atomic mass is 16.3. The number of nitrogens with zero attached hydrogens (tertiary/aromatic N) is 1. The van der Waals surface area contributed by atoms with Crippen LogP contribution >= 0.6 is 0 Å². The molecule has 1 aliphatic heterocycles. The van der Waals surface area contributed by atoms with Crippen molar-refractivity contribution in [2.45, 2.75) is 38.3 Å². The summed E-state index contributed by atoms with van der Waals surface area (Å²) in [4.78, 5) is 13.3. The van der Waals surface area contributed by atoms with E-state index in [9.17, 15) is 4.79 Å². The van der Waals surface area contributed by atoms with Gasteiger partial charge in [-0.05, 0) is 19.3 Å². The van der Waals surface area contributed by atoms with Gasteiger partial charge in [0.05, 0.1) is 6.04 Å². The first-order chi connectivity index (χ1) is 6.20. The summed E-state index contributed by atoms with van der Waals surface area (Å²) in [7, 11) is 0. The molecule has 0 aromatic heterocycles. The Balaban J connectivity index is 2.54. The minimum absolute atomic E-state index is 0.0419. The van der Waals surface area contributed by atoms with E-state index < -0.39 is 0 Å². The summed E-state index contributed by atoms with van der Waals surface area (Å²) in [5.74, 6) is 0.0419. The maximum Gasteiger partial charge on any atom is 0.239 e. The van der Waals surface area contributed by atoms with Crippen molar-refractivity contribution < 1.29 is 9.90 Å². The van der Waals surface area contributed by atoms with E-state index in [0.29, 0.717) is 6.42 Å². The van der Waals surface area contributed by atoms with Gasteiger partial charge in [0.1, 0.15) is 0 Å². The number of hydrogen-bond acceptors (Lipinski definition) is 3. The molecule has 0 spiro atoms. The van der Waals surface area contributed by atoms with Crippen LogP contribution in [0.3, 0.4) is 0 Å². The summed E-state index contributed by atoms with van der Waals surface area (Å²) in [6, 6.07) is -0.140. The Labute approximate surface area is 78.7 Å². The van der Waals surface area contributed by atoms with Crippen molar-refractivity contribution in [2.75, 3.05) is 13.2 Å². The molecule has 1 aliphatic rings. The second-order valence-corrected chi connectivity index (χ2v) is 3.50. The zero-order valence-electron chi connectivity index (χ0n) is 8.07. The Bertz CT molecular complexity index is 184. The van der Waals surface area contributed by atoms with E-state index in [-0.39, 0.29) is 24.6 Å². The number of rotatable bonds is 4. The summed E-state index contributed by atoms with van der Waals surface area (Å²) in [6.45, 7) is 2.91. The van der Waals surface area contributed by atoms with Gasteiger partial charge < -0.3 is 15.7 Å². The highest BCUT2D eigenvalue weighted by Crippen LogP contribution is 2.17. The van der Waals surface area contributed by atoms with Gasteiger partial charge in [0.25, 0.3) is 0 Å². The molecular formula is C9H18N2O2. The van der Waals surface area contributed by atoms with Gasteiger partial charge in [-0.2, -0.15) is 0 Å². The molecular weight excluding hydrogens is 168 g/mol. The van der Waals surface area contributed by atoms with Crippen LogP contribution in [0.25, 0.3) is 0 Å². The van der Waals surface area contributed by atoms with Crippen LogP contribution in [0.1, 0.15) is 26.2 Å². The predicted molar refractivity (Wildman–Crippen MR) is 50.1 cm³/mol. The molecule has 1 heterocycles. The highest BCUT2D eigenvalue weighted by molar-refractivity contribution is 5.83. The smallest absolute Gasteiger partial charge is 0.239 e. The van der Waals surface area contributed by atoms with Crippen molar-refractivity contribution in [1.29, 1.82) is 0 Å². The van der Waals surface area contributed by atoms with Gasteiger partial charge in [0.2, 0.25) is 5.91 Å². The third kappa shape index (κ3) is 2.19. The SMILES string of the molecule is CCC(CCO)N1CCC(N)C1=O. The van der Waals surface area contributed by atoms with Gasteiger partial charge in [-0.15, -0.1) is 0 Å². The molecule has 0 radical (unpaired) electrons. The summed E-state index contributed by atoms with van der Waals surface area (Å²) in [5, 5.41) is 8.81. The Kier molecular flexibility index (Phi) is 3.69. The fraction of sp³-hybridized carbons (Fsp3) is 0.889. The van der Waals surface area contributed by atoms with Crippen LogP contribution < -0.4 is 5.73 Å². The molecule has 1 saturated heterocycles. The quantitative estimate of drug-likeness (QED) is 0.634. The number of hydrogen-bond donors (Lipinski definition) is 2. The second-order valence-electron chi connectivity index (χ2n) is 3.50. The van der Waals surface area contributed by atoms with E-state index in [4.69, 9.17) is 10.8 Å². The lowest BCUT2D eigenvalue weighted by molar-refractivity contribution is -0.131. The summed E-state index contributed by atoms with van der Waals surface area (Å²) in [6.07, 6.45) is 2.30. The number of aliphatic hydroxyl groups is 1. The lowest BCUT2D eigenvalue weighted by Crippen LogP contribution is -2.41.